The normalized spacial score (nSPS) is 12.7. The molecule has 0 aliphatic carbocycles. The van der Waals surface area contributed by atoms with Crippen LogP contribution in [-0.4, -0.2) is 10.1 Å². The minimum absolute atomic E-state index is 0.0509. The third-order valence-electron chi connectivity index (χ3n) is 2.56. The summed E-state index contributed by atoms with van der Waals surface area (Å²) >= 11 is 12.1. The fourth-order valence-corrected chi connectivity index (χ4v) is 2.08. The van der Waals surface area contributed by atoms with Crippen LogP contribution in [0.3, 0.4) is 0 Å². The van der Waals surface area contributed by atoms with Gasteiger partial charge in [-0.05, 0) is 30.7 Å². The summed E-state index contributed by atoms with van der Waals surface area (Å²) in [5, 5.41) is 8.43. The molecule has 0 saturated heterocycles. The highest BCUT2D eigenvalue weighted by Gasteiger charge is 2.11. The first-order chi connectivity index (χ1) is 8.56. The smallest absolute Gasteiger partial charge is 0.223 e. The lowest BCUT2D eigenvalue weighted by atomic mass is 10.1. The molecular weight excluding hydrogens is 273 g/mol. The van der Waals surface area contributed by atoms with E-state index in [2.05, 4.69) is 15.5 Å². The number of hydrogen-bond acceptors (Lipinski definition) is 4. The Bertz CT molecular complexity index is 542. The van der Waals surface area contributed by atoms with E-state index in [0.29, 0.717) is 28.3 Å². The number of aromatic nitrogens is 2. The van der Waals surface area contributed by atoms with Crippen LogP contribution in [0, 0.1) is 6.92 Å². The van der Waals surface area contributed by atoms with Crippen LogP contribution in [0.2, 0.25) is 10.0 Å². The Labute approximate surface area is 115 Å². The molecule has 0 spiro atoms. The van der Waals surface area contributed by atoms with Crippen molar-refractivity contribution in [2.45, 2.75) is 26.4 Å². The van der Waals surface area contributed by atoms with Gasteiger partial charge in [-0.1, -0.05) is 28.4 Å². The topological polar surface area (TPSA) is 51.0 Å². The molecular formula is C12H13Cl2N3O. The van der Waals surface area contributed by atoms with Crippen LogP contribution in [0.15, 0.2) is 22.7 Å². The summed E-state index contributed by atoms with van der Waals surface area (Å²) in [6.45, 7) is 4.28. The van der Waals surface area contributed by atoms with E-state index in [1.807, 2.05) is 13.0 Å². The van der Waals surface area contributed by atoms with E-state index in [-0.39, 0.29) is 6.04 Å². The van der Waals surface area contributed by atoms with Crippen molar-refractivity contribution >= 4 is 23.2 Å². The minimum Gasteiger partial charge on any atom is -0.340 e. The van der Waals surface area contributed by atoms with Crippen molar-refractivity contribution in [3.63, 3.8) is 0 Å². The van der Waals surface area contributed by atoms with Crippen molar-refractivity contribution in [1.82, 2.24) is 15.5 Å². The second kappa shape index (κ2) is 5.69. The Morgan fingerprint density at radius 1 is 1.39 bits per heavy atom. The standard InChI is InChI=1S/C12H13Cl2N3O/c1-7(10-5-9(13)3-4-11(10)14)15-6-12-16-8(2)18-17-12/h3-5,7,15H,6H2,1-2H3. The summed E-state index contributed by atoms with van der Waals surface area (Å²) in [7, 11) is 0. The van der Waals surface area contributed by atoms with E-state index in [0.717, 1.165) is 5.56 Å². The van der Waals surface area contributed by atoms with Gasteiger partial charge in [-0.25, -0.2) is 0 Å². The fourth-order valence-electron chi connectivity index (χ4n) is 1.61. The number of rotatable bonds is 4. The quantitative estimate of drug-likeness (QED) is 0.934. The van der Waals surface area contributed by atoms with Crippen LogP contribution < -0.4 is 5.32 Å². The van der Waals surface area contributed by atoms with Gasteiger partial charge in [-0.3, -0.25) is 0 Å². The summed E-state index contributed by atoms with van der Waals surface area (Å²) in [5.74, 6) is 1.18. The highest BCUT2D eigenvalue weighted by atomic mass is 35.5. The van der Waals surface area contributed by atoms with Gasteiger partial charge in [0.1, 0.15) is 0 Å². The lowest BCUT2D eigenvalue weighted by molar-refractivity contribution is 0.384. The number of hydrogen-bond donors (Lipinski definition) is 1. The molecule has 2 aromatic rings. The minimum atomic E-state index is 0.0509. The van der Waals surface area contributed by atoms with Gasteiger partial charge in [0.2, 0.25) is 5.89 Å². The van der Waals surface area contributed by atoms with Gasteiger partial charge in [0.25, 0.3) is 0 Å². The molecule has 1 aromatic heterocycles. The summed E-state index contributed by atoms with van der Waals surface area (Å²) in [6.07, 6.45) is 0. The average molecular weight is 286 g/mol. The Kier molecular flexibility index (Phi) is 4.22. The predicted octanol–water partition coefficient (Wildman–Crippen LogP) is 3.54. The van der Waals surface area contributed by atoms with Gasteiger partial charge in [0.15, 0.2) is 5.82 Å². The van der Waals surface area contributed by atoms with Crippen LogP contribution in [0.4, 0.5) is 0 Å². The van der Waals surface area contributed by atoms with E-state index in [9.17, 15) is 0 Å². The van der Waals surface area contributed by atoms with E-state index in [4.69, 9.17) is 27.7 Å². The Hall–Kier alpha value is -1.10. The second-order valence-electron chi connectivity index (χ2n) is 4.00. The zero-order chi connectivity index (χ0) is 13.1. The zero-order valence-electron chi connectivity index (χ0n) is 10.1. The van der Waals surface area contributed by atoms with E-state index < -0.39 is 0 Å². The fraction of sp³-hybridized carbons (Fsp3) is 0.333. The molecule has 1 unspecified atom stereocenters. The molecule has 2 rings (SSSR count). The molecule has 96 valence electrons. The maximum Gasteiger partial charge on any atom is 0.223 e. The van der Waals surface area contributed by atoms with Crippen molar-refractivity contribution < 1.29 is 4.52 Å². The molecule has 0 bridgehead atoms. The first-order valence-electron chi connectivity index (χ1n) is 5.54. The van der Waals surface area contributed by atoms with Crippen molar-refractivity contribution in [2.75, 3.05) is 0 Å². The molecule has 18 heavy (non-hydrogen) atoms. The summed E-state index contributed by atoms with van der Waals surface area (Å²) in [4.78, 5) is 4.12. The summed E-state index contributed by atoms with van der Waals surface area (Å²) < 4.78 is 4.90. The highest BCUT2D eigenvalue weighted by Crippen LogP contribution is 2.26. The van der Waals surface area contributed by atoms with Gasteiger partial charge in [0.05, 0.1) is 6.54 Å². The van der Waals surface area contributed by atoms with Crippen LogP contribution in [0.25, 0.3) is 0 Å². The number of halogens is 2. The van der Waals surface area contributed by atoms with Gasteiger partial charge < -0.3 is 9.84 Å². The maximum absolute atomic E-state index is 6.13. The largest absolute Gasteiger partial charge is 0.340 e. The summed E-state index contributed by atoms with van der Waals surface area (Å²) in [6, 6.07) is 5.46. The molecule has 0 fully saturated rings. The van der Waals surface area contributed by atoms with Crippen molar-refractivity contribution in [2.24, 2.45) is 0 Å². The molecule has 0 aliphatic rings. The molecule has 1 N–H and O–H groups in total. The SMILES string of the molecule is Cc1nc(CNC(C)c2cc(Cl)ccc2Cl)no1. The first-order valence-corrected chi connectivity index (χ1v) is 6.29. The third kappa shape index (κ3) is 3.22. The number of aryl methyl sites for hydroxylation is 1. The molecule has 0 aliphatic heterocycles. The Morgan fingerprint density at radius 3 is 2.83 bits per heavy atom. The van der Waals surface area contributed by atoms with Crippen LogP contribution >= 0.6 is 23.2 Å². The predicted molar refractivity (Wildman–Crippen MR) is 70.8 cm³/mol. The third-order valence-corrected chi connectivity index (χ3v) is 3.14. The second-order valence-corrected chi connectivity index (χ2v) is 4.84. The molecule has 4 nitrogen and oxygen atoms in total. The highest BCUT2D eigenvalue weighted by molar-refractivity contribution is 6.33. The average Bonchev–Trinajstić information content (AvgIpc) is 2.75. The number of benzene rings is 1. The van der Waals surface area contributed by atoms with Gasteiger partial charge in [0, 0.05) is 23.0 Å². The van der Waals surface area contributed by atoms with E-state index in [1.54, 1.807) is 19.1 Å². The molecule has 6 heteroatoms. The van der Waals surface area contributed by atoms with Crippen molar-refractivity contribution in [1.29, 1.82) is 0 Å². The lowest BCUT2D eigenvalue weighted by Gasteiger charge is -2.14. The van der Waals surface area contributed by atoms with Gasteiger partial charge in [-0.2, -0.15) is 4.98 Å². The monoisotopic (exact) mass is 285 g/mol. The summed E-state index contributed by atoms with van der Waals surface area (Å²) in [5.41, 5.74) is 0.949. The molecule has 0 saturated carbocycles. The molecule has 0 amide bonds. The van der Waals surface area contributed by atoms with Crippen LogP contribution in [-0.2, 0) is 6.54 Å². The maximum atomic E-state index is 6.13. The van der Waals surface area contributed by atoms with Crippen LogP contribution in [0.5, 0.6) is 0 Å². The molecule has 0 radical (unpaired) electrons. The van der Waals surface area contributed by atoms with E-state index >= 15 is 0 Å². The Morgan fingerprint density at radius 2 is 2.17 bits per heavy atom. The lowest BCUT2D eigenvalue weighted by Crippen LogP contribution is -2.19. The van der Waals surface area contributed by atoms with Gasteiger partial charge in [-0.15, -0.1) is 0 Å². The van der Waals surface area contributed by atoms with Crippen molar-refractivity contribution in [3.05, 3.63) is 45.5 Å². The first kappa shape index (κ1) is 13.3. The van der Waals surface area contributed by atoms with E-state index in [1.165, 1.54) is 0 Å². The number of nitrogens with zero attached hydrogens (tertiary/aromatic N) is 2. The zero-order valence-corrected chi connectivity index (χ0v) is 11.6. The number of nitrogens with one attached hydrogen (secondary N) is 1. The van der Waals surface area contributed by atoms with Crippen molar-refractivity contribution in [3.8, 4) is 0 Å². The Balaban J connectivity index is 2.03. The molecule has 1 heterocycles. The van der Waals surface area contributed by atoms with Crippen LogP contribution in [0.1, 0.15) is 30.2 Å². The van der Waals surface area contributed by atoms with Gasteiger partial charge >= 0.3 is 0 Å². The molecule has 1 atom stereocenters. The molecule has 1 aromatic carbocycles.